The minimum atomic E-state index is 0.130. The number of hydrogen-bond donors (Lipinski definition) is 1. The van der Waals surface area contributed by atoms with E-state index in [1.807, 2.05) is 20.2 Å². The van der Waals surface area contributed by atoms with Crippen LogP contribution in [0.1, 0.15) is 30.7 Å². The van der Waals surface area contributed by atoms with Crippen molar-refractivity contribution in [3.63, 3.8) is 0 Å². The lowest BCUT2D eigenvalue weighted by atomic mass is 9.98. The molecule has 0 radical (unpaired) electrons. The molecule has 5 nitrogen and oxygen atoms in total. The highest BCUT2D eigenvalue weighted by atomic mass is 16.5. The van der Waals surface area contributed by atoms with Crippen molar-refractivity contribution in [3.05, 3.63) is 17.7 Å². The molecule has 1 atom stereocenters. The molecule has 0 unspecified atom stereocenters. The Hall–Kier alpha value is -1.36. The SMILES string of the molecule is Cc1ncn(CCNC(=O)C[C@H]2CCCOC2)c1C. The molecule has 0 aromatic carbocycles. The Morgan fingerprint density at radius 3 is 3.05 bits per heavy atom. The van der Waals surface area contributed by atoms with Gasteiger partial charge in [-0.1, -0.05) is 0 Å². The van der Waals surface area contributed by atoms with Gasteiger partial charge in [0.2, 0.25) is 5.91 Å². The lowest BCUT2D eigenvalue weighted by Gasteiger charge is -2.21. The summed E-state index contributed by atoms with van der Waals surface area (Å²) < 4.78 is 7.45. The lowest BCUT2D eigenvalue weighted by Crippen LogP contribution is -2.31. The van der Waals surface area contributed by atoms with E-state index in [1.54, 1.807) is 0 Å². The molecule has 1 aliphatic heterocycles. The van der Waals surface area contributed by atoms with Gasteiger partial charge in [-0.25, -0.2) is 4.98 Å². The number of carbonyl (C=O) groups excluding carboxylic acids is 1. The van der Waals surface area contributed by atoms with Crippen LogP contribution in [-0.2, 0) is 16.1 Å². The number of imidazole rings is 1. The molecule has 1 saturated heterocycles. The van der Waals surface area contributed by atoms with Gasteiger partial charge < -0.3 is 14.6 Å². The summed E-state index contributed by atoms with van der Waals surface area (Å²) in [6, 6.07) is 0. The van der Waals surface area contributed by atoms with E-state index in [4.69, 9.17) is 4.74 Å². The van der Waals surface area contributed by atoms with E-state index >= 15 is 0 Å². The second-order valence-electron chi connectivity index (χ2n) is 5.25. The summed E-state index contributed by atoms with van der Waals surface area (Å²) in [5.41, 5.74) is 2.21. The van der Waals surface area contributed by atoms with Crippen molar-refractivity contribution in [2.24, 2.45) is 5.92 Å². The highest BCUT2D eigenvalue weighted by molar-refractivity contribution is 5.76. The van der Waals surface area contributed by atoms with E-state index in [1.165, 1.54) is 0 Å². The number of nitrogens with one attached hydrogen (secondary N) is 1. The highest BCUT2D eigenvalue weighted by Crippen LogP contribution is 2.16. The number of hydrogen-bond acceptors (Lipinski definition) is 3. The maximum Gasteiger partial charge on any atom is 0.220 e. The predicted molar refractivity (Wildman–Crippen MR) is 72.9 cm³/mol. The fourth-order valence-corrected chi connectivity index (χ4v) is 2.39. The number of aryl methyl sites for hydroxylation is 1. The van der Waals surface area contributed by atoms with Gasteiger partial charge in [-0.05, 0) is 32.6 Å². The number of ether oxygens (including phenoxy) is 1. The predicted octanol–water partition coefficient (Wildman–Crippen LogP) is 1.43. The van der Waals surface area contributed by atoms with E-state index in [0.717, 1.165) is 44.0 Å². The third kappa shape index (κ3) is 4.06. The lowest BCUT2D eigenvalue weighted by molar-refractivity contribution is -0.123. The van der Waals surface area contributed by atoms with Crippen LogP contribution in [0.3, 0.4) is 0 Å². The fraction of sp³-hybridized carbons (Fsp3) is 0.714. The summed E-state index contributed by atoms with van der Waals surface area (Å²) in [5, 5.41) is 2.97. The second-order valence-corrected chi connectivity index (χ2v) is 5.25. The van der Waals surface area contributed by atoms with Gasteiger partial charge in [0.15, 0.2) is 0 Å². The molecule has 0 bridgehead atoms. The van der Waals surface area contributed by atoms with E-state index in [0.29, 0.717) is 18.9 Å². The topological polar surface area (TPSA) is 56.2 Å². The van der Waals surface area contributed by atoms with Gasteiger partial charge in [-0.2, -0.15) is 0 Å². The Balaban J connectivity index is 1.67. The third-order valence-corrected chi connectivity index (χ3v) is 3.75. The summed E-state index contributed by atoms with van der Waals surface area (Å²) in [6.45, 7) is 7.05. The summed E-state index contributed by atoms with van der Waals surface area (Å²) in [5.74, 6) is 0.524. The first kappa shape index (κ1) is 14.1. The first-order valence-corrected chi connectivity index (χ1v) is 6.99. The summed E-state index contributed by atoms with van der Waals surface area (Å²) in [4.78, 5) is 16.0. The molecule has 0 spiro atoms. The molecule has 1 aromatic rings. The smallest absolute Gasteiger partial charge is 0.220 e. The Morgan fingerprint density at radius 2 is 2.42 bits per heavy atom. The zero-order valence-electron chi connectivity index (χ0n) is 11.8. The van der Waals surface area contributed by atoms with Crippen LogP contribution in [-0.4, -0.2) is 35.2 Å². The van der Waals surface area contributed by atoms with Crippen molar-refractivity contribution in [2.45, 2.75) is 39.7 Å². The summed E-state index contributed by atoms with van der Waals surface area (Å²) in [6.07, 6.45) is 4.59. The zero-order chi connectivity index (χ0) is 13.7. The largest absolute Gasteiger partial charge is 0.381 e. The van der Waals surface area contributed by atoms with Crippen LogP contribution >= 0.6 is 0 Å². The van der Waals surface area contributed by atoms with Gasteiger partial charge >= 0.3 is 0 Å². The number of carbonyl (C=O) groups is 1. The zero-order valence-corrected chi connectivity index (χ0v) is 11.8. The van der Waals surface area contributed by atoms with Crippen molar-refractivity contribution in [1.29, 1.82) is 0 Å². The molecule has 0 saturated carbocycles. The van der Waals surface area contributed by atoms with E-state index < -0.39 is 0 Å². The molecule has 19 heavy (non-hydrogen) atoms. The average molecular weight is 265 g/mol. The van der Waals surface area contributed by atoms with Gasteiger partial charge in [0.05, 0.1) is 12.0 Å². The van der Waals surface area contributed by atoms with Crippen LogP contribution < -0.4 is 5.32 Å². The minimum absolute atomic E-state index is 0.130. The van der Waals surface area contributed by atoms with E-state index in [-0.39, 0.29) is 5.91 Å². The van der Waals surface area contributed by atoms with Crippen molar-refractivity contribution in [2.75, 3.05) is 19.8 Å². The Morgan fingerprint density at radius 1 is 1.58 bits per heavy atom. The molecule has 5 heteroatoms. The first-order valence-electron chi connectivity index (χ1n) is 6.99. The van der Waals surface area contributed by atoms with Crippen LogP contribution in [0.2, 0.25) is 0 Å². The van der Waals surface area contributed by atoms with Gasteiger partial charge in [0.1, 0.15) is 0 Å². The molecular weight excluding hydrogens is 242 g/mol. The molecule has 106 valence electrons. The van der Waals surface area contributed by atoms with Gasteiger partial charge in [-0.15, -0.1) is 0 Å². The van der Waals surface area contributed by atoms with Crippen LogP contribution in [0.5, 0.6) is 0 Å². The Bertz CT molecular complexity index is 422. The number of amides is 1. The normalized spacial score (nSPS) is 19.4. The molecule has 2 heterocycles. The number of nitrogens with zero attached hydrogens (tertiary/aromatic N) is 2. The molecule has 1 fully saturated rings. The van der Waals surface area contributed by atoms with Crippen LogP contribution in [0.25, 0.3) is 0 Å². The number of aromatic nitrogens is 2. The number of rotatable bonds is 5. The maximum absolute atomic E-state index is 11.8. The van der Waals surface area contributed by atoms with Crippen LogP contribution in [0.15, 0.2) is 6.33 Å². The molecule has 1 aliphatic rings. The summed E-state index contributed by atoms with van der Waals surface area (Å²) in [7, 11) is 0. The highest BCUT2D eigenvalue weighted by Gasteiger charge is 2.17. The molecule has 2 rings (SSSR count). The van der Waals surface area contributed by atoms with Crippen LogP contribution in [0.4, 0.5) is 0 Å². The second kappa shape index (κ2) is 6.70. The average Bonchev–Trinajstić information content (AvgIpc) is 2.72. The molecular formula is C14H23N3O2. The van der Waals surface area contributed by atoms with Gasteiger partial charge in [-0.3, -0.25) is 4.79 Å². The monoisotopic (exact) mass is 265 g/mol. The fourth-order valence-electron chi connectivity index (χ4n) is 2.39. The van der Waals surface area contributed by atoms with Crippen molar-refractivity contribution < 1.29 is 9.53 Å². The Labute approximate surface area is 114 Å². The Kier molecular flexibility index (Phi) is 4.96. The quantitative estimate of drug-likeness (QED) is 0.876. The van der Waals surface area contributed by atoms with Gasteiger partial charge in [0.25, 0.3) is 0 Å². The standard InChI is InChI=1S/C14H23N3O2/c1-11-12(2)17(10-16-11)6-5-15-14(18)8-13-4-3-7-19-9-13/h10,13H,3-9H2,1-2H3,(H,15,18)/t13-/m1/s1. The van der Waals surface area contributed by atoms with E-state index in [2.05, 4.69) is 14.9 Å². The molecule has 0 aliphatic carbocycles. The molecule has 1 amide bonds. The van der Waals surface area contributed by atoms with E-state index in [9.17, 15) is 4.79 Å². The van der Waals surface area contributed by atoms with Crippen molar-refractivity contribution >= 4 is 5.91 Å². The first-order chi connectivity index (χ1) is 9.16. The third-order valence-electron chi connectivity index (χ3n) is 3.75. The van der Waals surface area contributed by atoms with Crippen molar-refractivity contribution in [1.82, 2.24) is 14.9 Å². The van der Waals surface area contributed by atoms with Crippen molar-refractivity contribution in [3.8, 4) is 0 Å². The minimum Gasteiger partial charge on any atom is -0.381 e. The van der Waals surface area contributed by atoms with Gasteiger partial charge in [0, 0.05) is 38.4 Å². The maximum atomic E-state index is 11.8. The molecule has 1 aromatic heterocycles. The summed E-state index contributed by atoms with van der Waals surface area (Å²) >= 11 is 0. The van der Waals surface area contributed by atoms with Crippen LogP contribution in [0, 0.1) is 19.8 Å². The molecule has 1 N–H and O–H groups in total.